The Morgan fingerprint density at radius 3 is 2.60 bits per heavy atom. The van der Waals surface area contributed by atoms with E-state index in [1.54, 1.807) is 24.4 Å². The summed E-state index contributed by atoms with van der Waals surface area (Å²) in [5.74, 6) is 1.02. The van der Waals surface area contributed by atoms with Crippen molar-refractivity contribution < 1.29 is 4.79 Å². The highest BCUT2D eigenvalue weighted by Gasteiger charge is 2.15. The van der Waals surface area contributed by atoms with E-state index >= 15 is 0 Å². The number of nitrogens with one attached hydrogen (secondary N) is 3. The van der Waals surface area contributed by atoms with Crippen LogP contribution in [0.4, 0.5) is 17.5 Å². The Morgan fingerprint density at radius 2 is 1.91 bits per heavy atom. The Morgan fingerprint density at radius 1 is 1.14 bits per heavy atom. The first-order valence-corrected chi connectivity index (χ1v) is 12.2. The normalized spacial score (nSPS) is 10.7. The van der Waals surface area contributed by atoms with E-state index in [-0.39, 0.29) is 5.91 Å². The van der Waals surface area contributed by atoms with Crippen molar-refractivity contribution in [1.29, 1.82) is 0 Å². The van der Waals surface area contributed by atoms with Gasteiger partial charge in [-0.3, -0.25) is 9.48 Å². The maximum Gasteiger partial charge on any atom is 0.251 e. The van der Waals surface area contributed by atoms with Gasteiger partial charge in [0.15, 0.2) is 0 Å². The predicted octanol–water partition coefficient (Wildman–Crippen LogP) is 4.43. The molecule has 0 atom stereocenters. The molecule has 0 aliphatic rings. The van der Waals surface area contributed by atoms with Crippen molar-refractivity contribution in [1.82, 2.24) is 25.1 Å². The van der Waals surface area contributed by atoms with E-state index in [4.69, 9.17) is 10.7 Å². The van der Waals surface area contributed by atoms with E-state index in [0.717, 1.165) is 67.7 Å². The average molecular weight is 477 g/mol. The van der Waals surface area contributed by atoms with Gasteiger partial charge in [-0.25, -0.2) is 4.98 Å². The summed E-state index contributed by atoms with van der Waals surface area (Å²) >= 11 is 0. The summed E-state index contributed by atoms with van der Waals surface area (Å²) in [6.07, 6.45) is 10.7. The first kappa shape index (κ1) is 25.9. The molecule has 3 rings (SSSR count). The largest absolute Gasteiger partial charge is 0.372 e. The molecule has 0 bridgehead atoms. The van der Waals surface area contributed by atoms with Crippen LogP contribution in [0.25, 0.3) is 17.3 Å². The van der Waals surface area contributed by atoms with Crippen molar-refractivity contribution >= 4 is 29.4 Å². The zero-order chi connectivity index (χ0) is 25.0. The maximum atomic E-state index is 12.4. The fourth-order valence-corrected chi connectivity index (χ4v) is 3.73. The minimum Gasteiger partial charge on any atom is -0.372 e. The van der Waals surface area contributed by atoms with E-state index in [1.165, 1.54) is 0 Å². The maximum absolute atomic E-state index is 12.4. The van der Waals surface area contributed by atoms with Gasteiger partial charge in [0.1, 0.15) is 5.82 Å². The molecule has 0 fully saturated rings. The number of hydrogen-bond acceptors (Lipinski definition) is 7. The molecule has 0 aliphatic carbocycles. The van der Waals surface area contributed by atoms with Crippen molar-refractivity contribution in [2.75, 3.05) is 30.8 Å². The third kappa shape index (κ3) is 7.13. The molecule has 9 heteroatoms. The number of amides is 1. The zero-order valence-electron chi connectivity index (χ0n) is 20.7. The van der Waals surface area contributed by atoms with Crippen molar-refractivity contribution in [3.63, 3.8) is 0 Å². The van der Waals surface area contributed by atoms with Crippen LogP contribution in [0.15, 0.2) is 43.2 Å². The summed E-state index contributed by atoms with van der Waals surface area (Å²) in [6, 6.07) is 7.27. The van der Waals surface area contributed by atoms with Crippen LogP contribution in [0.5, 0.6) is 0 Å². The summed E-state index contributed by atoms with van der Waals surface area (Å²) in [7, 11) is 1.81. The van der Waals surface area contributed by atoms with Crippen molar-refractivity contribution in [3.8, 4) is 11.3 Å². The number of aryl methyl sites for hydroxylation is 1. The number of benzene rings is 1. The quantitative estimate of drug-likeness (QED) is 0.254. The van der Waals surface area contributed by atoms with Gasteiger partial charge in [0.2, 0.25) is 5.95 Å². The minimum atomic E-state index is -0.0780. The summed E-state index contributed by atoms with van der Waals surface area (Å²) in [5, 5.41) is 13.8. The van der Waals surface area contributed by atoms with Gasteiger partial charge >= 0.3 is 0 Å². The van der Waals surface area contributed by atoms with Crippen molar-refractivity contribution in [2.45, 2.75) is 45.6 Å². The Balaban J connectivity index is 1.71. The number of nitrogens with zero attached hydrogens (tertiary/aromatic N) is 4. The second kappa shape index (κ2) is 13.2. The van der Waals surface area contributed by atoms with Crippen LogP contribution in [0.1, 0.15) is 54.9 Å². The van der Waals surface area contributed by atoms with Crippen LogP contribution in [-0.4, -0.2) is 45.8 Å². The minimum absolute atomic E-state index is 0.0780. The van der Waals surface area contributed by atoms with Crippen molar-refractivity contribution in [3.05, 3.63) is 54.4 Å². The highest BCUT2D eigenvalue weighted by Crippen LogP contribution is 2.29. The third-order valence-corrected chi connectivity index (χ3v) is 5.57. The molecule has 0 unspecified atom stereocenters. The number of rotatable bonds is 14. The second-order valence-corrected chi connectivity index (χ2v) is 8.27. The van der Waals surface area contributed by atoms with Crippen molar-refractivity contribution in [2.24, 2.45) is 5.73 Å². The SMILES string of the molecule is C=Cc1c(NC)nc(Nc2ccc(C(=O)NCCCCCCN)cc2)nc1-c1cnn(CCC)c1. The zero-order valence-corrected chi connectivity index (χ0v) is 20.7. The Hall–Kier alpha value is -3.72. The molecule has 0 aliphatic heterocycles. The molecule has 2 heterocycles. The second-order valence-electron chi connectivity index (χ2n) is 8.27. The molecular weight excluding hydrogens is 440 g/mol. The number of carbonyl (C=O) groups is 1. The van der Waals surface area contributed by atoms with Crippen LogP contribution in [0.3, 0.4) is 0 Å². The number of carbonyl (C=O) groups excluding carboxylic acids is 1. The van der Waals surface area contributed by atoms with Gasteiger partial charge in [-0.15, -0.1) is 0 Å². The summed E-state index contributed by atoms with van der Waals surface area (Å²) < 4.78 is 1.90. The molecule has 0 saturated heterocycles. The van der Waals surface area contributed by atoms with Crippen LogP contribution < -0.4 is 21.7 Å². The van der Waals surface area contributed by atoms with Crippen LogP contribution in [0, 0.1) is 0 Å². The van der Waals surface area contributed by atoms with Gasteiger partial charge in [0, 0.05) is 48.7 Å². The summed E-state index contributed by atoms with van der Waals surface area (Å²) in [4.78, 5) is 21.7. The molecule has 0 spiro atoms. The Labute approximate surface area is 207 Å². The molecule has 0 saturated carbocycles. The molecule has 5 N–H and O–H groups in total. The number of unbranched alkanes of at least 4 members (excludes halogenated alkanes) is 3. The molecule has 1 amide bonds. The lowest BCUT2D eigenvalue weighted by molar-refractivity contribution is 0.0953. The average Bonchev–Trinajstić information content (AvgIpc) is 3.34. The van der Waals surface area contributed by atoms with Gasteiger partial charge < -0.3 is 21.7 Å². The third-order valence-electron chi connectivity index (χ3n) is 5.57. The topological polar surface area (TPSA) is 123 Å². The van der Waals surface area contributed by atoms with Crippen LogP contribution in [0.2, 0.25) is 0 Å². The van der Waals surface area contributed by atoms with E-state index in [1.807, 2.05) is 30.1 Å². The van der Waals surface area contributed by atoms with Crippen LogP contribution >= 0.6 is 0 Å². The monoisotopic (exact) mass is 476 g/mol. The van der Waals surface area contributed by atoms with E-state index in [9.17, 15) is 4.79 Å². The van der Waals surface area contributed by atoms with Gasteiger partial charge in [0.05, 0.1) is 11.9 Å². The van der Waals surface area contributed by atoms with Gasteiger partial charge in [-0.2, -0.15) is 10.1 Å². The molecule has 186 valence electrons. The summed E-state index contributed by atoms with van der Waals surface area (Å²) in [5.41, 5.74) is 9.35. The first-order chi connectivity index (χ1) is 17.1. The Bertz CT molecular complexity index is 1110. The van der Waals surface area contributed by atoms with Gasteiger partial charge in [-0.1, -0.05) is 32.4 Å². The smallest absolute Gasteiger partial charge is 0.251 e. The lowest BCUT2D eigenvalue weighted by atomic mass is 10.1. The molecule has 3 aromatic rings. The lowest BCUT2D eigenvalue weighted by Crippen LogP contribution is -2.24. The number of anilines is 3. The lowest BCUT2D eigenvalue weighted by Gasteiger charge is -2.13. The fourth-order valence-electron chi connectivity index (χ4n) is 3.73. The standard InChI is InChI=1S/C26H36N8O/c1-4-16-34-18-20(17-30-34)23-22(5-2)24(28-3)33-26(32-23)31-21-12-10-19(11-13-21)25(35)29-15-9-7-6-8-14-27/h5,10-13,17-18H,2,4,6-9,14-16,27H2,1,3H3,(H,29,35)(H2,28,31,32,33). The predicted molar refractivity (Wildman–Crippen MR) is 143 cm³/mol. The number of hydrogen-bond donors (Lipinski definition) is 4. The highest BCUT2D eigenvalue weighted by atomic mass is 16.1. The van der Waals surface area contributed by atoms with Crippen LogP contribution in [-0.2, 0) is 6.54 Å². The molecule has 9 nitrogen and oxygen atoms in total. The van der Waals surface area contributed by atoms with E-state index < -0.39 is 0 Å². The molecule has 1 aromatic carbocycles. The highest BCUT2D eigenvalue weighted by molar-refractivity contribution is 5.94. The molecule has 2 aromatic heterocycles. The number of nitrogens with two attached hydrogens (primary N) is 1. The van der Waals surface area contributed by atoms with E-state index in [2.05, 4.69) is 39.5 Å². The summed E-state index contributed by atoms with van der Waals surface area (Å²) in [6.45, 7) is 8.27. The van der Waals surface area contributed by atoms with Gasteiger partial charge in [-0.05, 0) is 50.1 Å². The molecule has 0 radical (unpaired) electrons. The Kier molecular flexibility index (Phi) is 9.80. The van der Waals surface area contributed by atoms with E-state index in [0.29, 0.717) is 23.9 Å². The molecular formula is C26H36N8O. The van der Waals surface area contributed by atoms with Gasteiger partial charge in [0.25, 0.3) is 5.91 Å². The first-order valence-electron chi connectivity index (χ1n) is 12.2. The molecule has 35 heavy (non-hydrogen) atoms. The fraction of sp³-hybridized carbons (Fsp3) is 0.385. The number of aromatic nitrogens is 4.